The quantitative estimate of drug-likeness (QED) is 0.785. The van der Waals surface area contributed by atoms with Gasteiger partial charge in [-0.15, -0.1) is 0 Å². The molecule has 1 fully saturated rings. The van der Waals surface area contributed by atoms with Crippen LogP contribution in [0.25, 0.3) is 0 Å². The van der Waals surface area contributed by atoms with E-state index in [1.54, 1.807) is 0 Å². The molecule has 0 aromatic heterocycles. The van der Waals surface area contributed by atoms with Gasteiger partial charge in [0.15, 0.2) is 0 Å². The van der Waals surface area contributed by atoms with E-state index in [1.807, 2.05) is 24.3 Å². The molecule has 5 heteroatoms. The van der Waals surface area contributed by atoms with E-state index in [1.165, 1.54) is 37.9 Å². The summed E-state index contributed by atoms with van der Waals surface area (Å²) in [6.07, 6.45) is 5.01. The van der Waals surface area contributed by atoms with Crippen molar-refractivity contribution in [3.63, 3.8) is 0 Å². The third kappa shape index (κ3) is 5.51. The molecule has 0 N–H and O–H groups in total. The van der Waals surface area contributed by atoms with Gasteiger partial charge in [-0.3, -0.25) is 0 Å². The molecule has 106 valence electrons. The Morgan fingerprint density at radius 1 is 1.00 bits per heavy atom. The van der Waals surface area contributed by atoms with Gasteiger partial charge in [-0.25, -0.2) is 8.42 Å². The van der Waals surface area contributed by atoms with Crippen molar-refractivity contribution < 1.29 is 8.42 Å². The van der Waals surface area contributed by atoms with Crippen LogP contribution in [0, 0.1) is 0 Å². The van der Waals surface area contributed by atoms with Crippen molar-refractivity contribution >= 4 is 19.7 Å². The predicted molar refractivity (Wildman–Crippen MR) is 78.9 cm³/mol. The molecule has 3 nitrogen and oxygen atoms in total. The van der Waals surface area contributed by atoms with Gasteiger partial charge in [0.1, 0.15) is 0 Å². The summed E-state index contributed by atoms with van der Waals surface area (Å²) in [5, 5.41) is 0. The third-order valence-electron chi connectivity index (χ3n) is 3.53. The van der Waals surface area contributed by atoms with Gasteiger partial charge in [0.25, 0.3) is 0 Å². The van der Waals surface area contributed by atoms with Gasteiger partial charge in [-0.2, -0.15) is 0 Å². The summed E-state index contributed by atoms with van der Waals surface area (Å²) in [5.41, 5.74) is 2.00. The van der Waals surface area contributed by atoms with E-state index in [9.17, 15) is 8.42 Å². The first kappa shape index (κ1) is 14.8. The zero-order chi connectivity index (χ0) is 13.7. The van der Waals surface area contributed by atoms with E-state index in [0.717, 1.165) is 18.5 Å². The van der Waals surface area contributed by atoms with Gasteiger partial charge in [0.2, 0.25) is 9.05 Å². The number of hydrogen-bond acceptors (Lipinski definition) is 3. The monoisotopic (exact) mass is 301 g/mol. The van der Waals surface area contributed by atoms with Gasteiger partial charge in [-0.1, -0.05) is 30.7 Å². The summed E-state index contributed by atoms with van der Waals surface area (Å²) < 4.78 is 22.0. The molecule has 0 atom stereocenters. The smallest absolute Gasteiger partial charge is 0.236 e. The topological polar surface area (TPSA) is 37.4 Å². The zero-order valence-corrected chi connectivity index (χ0v) is 12.6. The molecule has 19 heavy (non-hydrogen) atoms. The van der Waals surface area contributed by atoms with Gasteiger partial charge in [0.05, 0.1) is 5.75 Å². The largest absolute Gasteiger partial charge is 0.303 e. The highest BCUT2D eigenvalue weighted by atomic mass is 35.7. The molecule has 1 heterocycles. The molecule has 1 saturated heterocycles. The number of hydrogen-bond donors (Lipinski definition) is 0. The lowest BCUT2D eigenvalue weighted by Gasteiger charge is -2.26. The van der Waals surface area contributed by atoms with E-state index < -0.39 is 9.05 Å². The summed E-state index contributed by atoms with van der Waals surface area (Å²) in [6.45, 7) is 3.51. The molecule has 0 radical (unpaired) electrons. The van der Waals surface area contributed by atoms with Crippen molar-refractivity contribution in [3.05, 3.63) is 35.4 Å². The molecule has 1 aliphatic heterocycles. The fourth-order valence-electron chi connectivity index (χ4n) is 2.47. The molecular weight excluding hydrogens is 282 g/mol. The van der Waals surface area contributed by atoms with Crippen LogP contribution < -0.4 is 0 Å². The average molecular weight is 302 g/mol. The minimum absolute atomic E-state index is 0.0963. The van der Waals surface area contributed by atoms with Crippen LogP contribution in [0.4, 0.5) is 0 Å². The van der Waals surface area contributed by atoms with Crippen molar-refractivity contribution in [2.45, 2.75) is 31.4 Å². The number of halogens is 1. The highest BCUT2D eigenvalue weighted by Gasteiger charge is 2.10. The van der Waals surface area contributed by atoms with Gasteiger partial charge in [-0.05, 0) is 43.5 Å². The molecule has 1 aromatic rings. The Labute approximate surface area is 120 Å². The highest BCUT2D eigenvalue weighted by molar-refractivity contribution is 8.13. The summed E-state index contributed by atoms with van der Waals surface area (Å²) in [4.78, 5) is 2.50. The van der Waals surface area contributed by atoms with E-state index in [4.69, 9.17) is 10.7 Å². The van der Waals surface area contributed by atoms with Gasteiger partial charge in [0, 0.05) is 17.2 Å². The number of nitrogens with zero attached hydrogens (tertiary/aromatic N) is 1. The number of rotatable bonds is 5. The summed E-state index contributed by atoms with van der Waals surface area (Å²) >= 11 is 0. The lowest BCUT2D eigenvalue weighted by Crippen LogP contribution is -2.31. The maximum Gasteiger partial charge on any atom is 0.236 e. The van der Waals surface area contributed by atoms with E-state index in [2.05, 4.69) is 4.90 Å². The van der Waals surface area contributed by atoms with Crippen molar-refractivity contribution in [1.29, 1.82) is 0 Å². The van der Waals surface area contributed by atoms with E-state index in [-0.39, 0.29) is 5.75 Å². The van der Waals surface area contributed by atoms with E-state index in [0.29, 0.717) is 0 Å². The molecule has 0 spiro atoms. The normalized spacial score (nSPS) is 17.5. The van der Waals surface area contributed by atoms with Crippen LogP contribution in [-0.2, 0) is 21.2 Å². The Morgan fingerprint density at radius 3 is 2.16 bits per heavy atom. The molecule has 0 saturated carbocycles. The zero-order valence-electron chi connectivity index (χ0n) is 11.0. The Bertz CT molecular complexity index is 493. The molecule has 0 unspecified atom stereocenters. The number of likely N-dealkylation sites (tertiary alicyclic amines) is 1. The van der Waals surface area contributed by atoms with Crippen molar-refractivity contribution in [3.8, 4) is 0 Å². The highest BCUT2D eigenvalue weighted by Crippen LogP contribution is 2.13. The van der Waals surface area contributed by atoms with Crippen LogP contribution in [0.3, 0.4) is 0 Å². The van der Waals surface area contributed by atoms with Crippen LogP contribution >= 0.6 is 10.7 Å². The molecule has 0 bridgehead atoms. The SMILES string of the molecule is O=S(=O)(Cl)Cc1ccc(CCN2CCCCC2)cc1. The van der Waals surface area contributed by atoms with Crippen LogP contribution in [0.2, 0.25) is 0 Å². The third-order valence-corrected chi connectivity index (χ3v) is 4.53. The molecule has 1 aromatic carbocycles. The maximum atomic E-state index is 11.0. The summed E-state index contributed by atoms with van der Waals surface area (Å²) in [6, 6.07) is 7.71. The summed E-state index contributed by atoms with van der Waals surface area (Å²) in [7, 11) is 1.78. The molecule has 0 aliphatic carbocycles. The molecular formula is C14H20ClNO2S. The minimum Gasteiger partial charge on any atom is -0.303 e. The number of piperidine rings is 1. The average Bonchev–Trinajstić information content (AvgIpc) is 2.37. The first-order valence-corrected chi connectivity index (χ1v) is 9.23. The van der Waals surface area contributed by atoms with E-state index >= 15 is 0 Å². The lowest BCUT2D eigenvalue weighted by molar-refractivity contribution is 0.231. The van der Waals surface area contributed by atoms with Crippen LogP contribution in [0.1, 0.15) is 30.4 Å². The first-order valence-electron chi connectivity index (χ1n) is 6.75. The summed E-state index contributed by atoms with van der Waals surface area (Å²) in [5.74, 6) is -0.0963. The van der Waals surface area contributed by atoms with Crippen molar-refractivity contribution in [1.82, 2.24) is 4.90 Å². The van der Waals surface area contributed by atoms with Crippen LogP contribution in [0.15, 0.2) is 24.3 Å². The van der Waals surface area contributed by atoms with Gasteiger partial charge < -0.3 is 4.90 Å². The van der Waals surface area contributed by atoms with Crippen molar-refractivity contribution in [2.24, 2.45) is 0 Å². The lowest BCUT2D eigenvalue weighted by atomic mass is 10.1. The Balaban J connectivity index is 1.84. The van der Waals surface area contributed by atoms with Crippen molar-refractivity contribution in [2.75, 3.05) is 19.6 Å². The van der Waals surface area contributed by atoms with Gasteiger partial charge >= 0.3 is 0 Å². The standard InChI is InChI=1S/C14H20ClNO2S/c15-19(17,18)12-14-6-4-13(5-7-14)8-11-16-9-2-1-3-10-16/h4-7H,1-3,8-12H2. The van der Waals surface area contributed by atoms with Crippen LogP contribution in [-0.4, -0.2) is 33.0 Å². The molecule has 0 amide bonds. The second-order valence-electron chi connectivity index (χ2n) is 5.15. The molecule has 2 rings (SSSR count). The maximum absolute atomic E-state index is 11.0. The molecule has 1 aliphatic rings. The predicted octanol–water partition coefficient (Wildman–Crippen LogP) is 2.78. The fourth-order valence-corrected chi connectivity index (χ4v) is 3.44. The minimum atomic E-state index is -3.46. The Kier molecular flexibility index (Phi) is 5.25. The first-order chi connectivity index (χ1) is 9.03. The number of benzene rings is 1. The second-order valence-corrected chi connectivity index (χ2v) is 7.93. The second kappa shape index (κ2) is 6.73. The fraction of sp³-hybridized carbons (Fsp3) is 0.571. The van der Waals surface area contributed by atoms with Crippen LogP contribution in [0.5, 0.6) is 0 Å². The Morgan fingerprint density at radius 2 is 1.58 bits per heavy atom. The Hall–Kier alpha value is -0.580.